The predicted molar refractivity (Wildman–Crippen MR) is 99.2 cm³/mol. The molecule has 0 aromatic heterocycles. The van der Waals surface area contributed by atoms with Gasteiger partial charge in [0.05, 0.1) is 5.56 Å². The van der Waals surface area contributed by atoms with E-state index in [4.69, 9.17) is 4.42 Å². The third-order valence-electron chi connectivity index (χ3n) is 6.72. The molecule has 3 saturated carbocycles. The van der Waals surface area contributed by atoms with E-state index >= 15 is 0 Å². The molecule has 128 valence electrons. The van der Waals surface area contributed by atoms with Crippen LogP contribution in [0, 0.1) is 17.8 Å². The molecule has 2 heteroatoms. The minimum Gasteiger partial charge on any atom is -0.271 e. The zero-order chi connectivity index (χ0) is 16.8. The Balaban J connectivity index is 1.50. The van der Waals surface area contributed by atoms with E-state index in [1.54, 1.807) is 5.57 Å². The first kappa shape index (κ1) is 15.3. The summed E-state index contributed by atoms with van der Waals surface area (Å²) >= 11 is 0. The van der Waals surface area contributed by atoms with E-state index in [1.165, 1.54) is 56.1 Å². The lowest BCUT2D eigenvalue weighted by atomic mass is 9.87. The Hall–Kier alpha value is -1.96. The molecule has 0 amide bonds. The van der Waals surface area contributed by atoms with Gasteiger partial charge in [0.25, 0.3) is 5.78 Å². The highest BCUT2D eigenvalue weighted by Gasteiger charge is 2.49. The topological polar surface area (TPSA) is 28.4 Å². The van der Waals surface area contributed by atoms with Crippen LogP contribution < -0.4 is 0 Å². The van der Waals surface area contributed by atoms with E-state index in [1.807, 2.05) is 12.1 Å². The van der Waals surface area contributed by atoms with Gasteiger partial charge in [-0.3, -0.25) is 4.42 Å². The second kappa shape index (κ2) is 6.09. The van der Waals surface area contributed by atoms with Gasteiger partial charge in [0.15, 0.2) is 0 Å². The van der Waals surface area contributed by atoms with Crippen molar-refractivity contribution < 1.29 is 9.22 Å². The zero-order valence-electron chi connectivity index (χ0n) is 14.7. The molecule has 0 radical (unpaired) electrons. The first-order valence-corrected chi connectivity index (χ1v) is 9.88. The molecule has 0 heterocycles. The number of allylic oxidation sites excluding steroid dienone is 4. The van der Waals surface area contributed by atoms with Crippen LogP contribution in [0.4, 0.5) is 0 Å². The molecule has 4 aliphatic rings. The maximum Gasteiger partial charge on any atom is 0.583 e. The van der Waals surface area contributed by atoms with Crippen LogP contribution in [0.5, 0.6) is 0 Å². The molecular formula is C23H25O2+. The van der Waals surface area contributed by atoms with E-state index in [0.717, 1.165) is 23.7 Å². The van der Waals surface area contributed by atoms with Gasteiger partial charge in [-0.25, -0.2) is 0 Å². The first-order valence-electron chi connectivity index (χ1n) is 9.88. The average Bonchev–Trinajstić information content (AvgIpc) is 3.40. The van der Waals surface area contributed by atoms with Gasteiger partial charge in [-0.2, -0.15) is 0 Å². The summed E-state index contributed by atoms with van der Waals surface area (Å²) in [6, 6.07) is 8.39. The maximum absolute atomic E-state index is 12.8. The summed E-state index contributed by atoms with van der Waals surface area (Å²) in [6.45, 7) is 0. The third kappa shape index (κ3) is 2.63. The molecule has 25 heavy (non-hydrogen) atoms. The van der Waals surface area contributed by atoms with Gasteiger partial charge in [0, 0.05) is 10.9 Å². The fourth-order valence-electron chi connectivity index (χ4n) is 5.46. The minimum atomic E-state index is -0.00128. The van der Waals surface area contributed by atoms with Crippen molar-refractivity contribution in [2.45, 2.75) is 51.4 Å². The number of carbonyl (C=O) groups excluding carboxylic acids is 2. The number of benzene rings is 1. The van der Waals surface area contributed by atoms with Crippen molar-refractivity contribution in [1.29, 1.82) is 0 Å². The van der Waals surface area contributed by atoms with E-state index in [0.29, 0.717) is 5.92 Å². The standard InChI is InChI=1S/C23H25O2/c24-23(21-14-15-9-10-17(21)13-15)25-22-12-11-18(16-5-1-2-6-16)19-7-3-4-8-20(19)22/h3-4,7-8,11-12,15,17,21H,1-2,5-6,9-10,13-14H2/q+1. The average molecular weight is 333 g/mol. The first-order chi connectivity index (χ1) is 12.3. The van der Waals surface area contributed by atoms with Gasteiger partial charge >= 0.3 is 5.97 Å². The molecule has 2 nitrogen and oxygen atoms in total. The van der Waals surface area contributed by atoms with Crippen LogP contribution in [-0.4, -0.2) is 11.8 Å². The number of ketones is 1. The Morgan fingerprint density at radius 1 is 0.960 bits per heavy atom. The SMILES string of the molecule is O=C([O+]=C1C=CC(=C2CCCC2)c2ccccc21)C1CC2CCC1C2. The zero-order valence-corrected chi connectivity index (χ0v) is 14.7. The second-order valence-electron chi connectivity index (χ2n) is 8.17. The maximum atomic E-state index is 12.8. The fraction of sp³-hybridized carbons (Fsp3) is 0.478. The Bertz CT molecular complexity index is 803. The molecule has 3 unspecified atom stereocenters. The van der Waals surface area contributed by atoms with Crippen LogP contribution in [0.2, 0.25) is 0 Å². The molecule has 1 aromatic rings. The van der Waals surface area contributed by atoms with E-state index < -0.39 is 0 Å². The molecule has 5 rings (SSSR count). The highest BCUT2D eigenvalue weighted by molar-refractivity contribution is 6.14. The molecule has 2 bridgehead atoms. The molecule has 0 aliphatic heterocycles. The van der Waals surface area contributed by atoms with Gasteiger partial charge in [-0.05, 0) is 80.1 Å². The molecule has 4 aliphatic carbocycles. The van der Waals surface area contributed by atoms with Crippen LogP contribution in [0.15, 0.2) is 42.0 Å². The largest absolute Gasteiger partial charge is 0.583 e. The number of rotatable bonds is 1. The molecule has 1 aromatic carbocycles. The summed E-state index contributed by atoms with van der Waals surface area (Å²) in [6.07, 6.45) is 14.0. The van der Waals surface area contributed by atoms with Gasteiger partial charge in [-0.15, -0.1) is 0 Å². The van der Waals surface area contributed by atoms with Crippen LogP contribution in [0.3, 0.4) is 0 Å². The minimum absolute atomic E-state index is 0.00128. The Labute approximate surface area is 149 Å². The molecule has 3 atom stereocenters. The molecule has 3 fully saturated rings. The molecule has 0 saturated heterocycles. The van der Waals surface area contributed by atoms with Crippen molar-refractivity contribution in [1.82, 2.24) is 0 Å². The monoisotopic (exact) mass is 333 g/mol. The van der Waals surface area contributed by atoms with Crippen molar-refractivity contribution in [2.24, 2.45) is 17.8 Å². The number of hydrogen-bond acceptors (Lipinski definition) is 1. The smallest absolute Gasteiger partial charge is 0.271 e. The van der Waals surface area contributed by atoms with Crippen LogP contribution >= 0.6 is 0 Å². The highest BCUT2D eigenvalue weighted by Crippen LogP contribution is 2.48. The quantitative estimate of drug-likeness (QED) is 0.644. The highest BCUT2D eigenvalue weighted by atomic mass is 16.5. The van der Waals surface area contributed by atoms with E-state index in [-0.39, 0.29) is 11.9 Å². The number of fused-ring (bicyclic) bond motifs is 3. The van der Waals surface area contributed by atoms with Gasteiger partial charge in [-0.1, -0.05) is 30.2 Å². The lowest BCUT2D eigenvalue weighted by molar-refractivity contribution is -0.252. The van der Waals surface area contributed by atoms with Crippen molar-refractivity contribution in [2.75, 3.05) is 0 Å². The second-order valence-corrected chi connectivity index (χ2v) is 8.17. The Morgan fingerprint density at radius 2 is 1.76 bits per heavy atom. The van der Waals surface area contributed by atoms with Gasteiger partial charge in [0.1, 0.15) is 5.92 Å². The van der Waals surface area contributed by atoms with E-state index in [2.05, 4.69) is 24.3 Å². The number of hydrogen-bond donors (Lipinski definition) is 0. The van der Waals surface area contributed by atoms with E-state index in [9.17, 15) is 4.79 Å². The van der Waals surface area contributed by atoms with Crippen LogP contribution in [0.25, 0.3) is 5.57 Å². The summed E-state index contributed by atoms with van der Waals surface area (Å²) in [5.41, 5.74) is 5.23. The fourth-order valence-corrected chi connectivity index (χ4v) is 5.46. The molecule has 0 N–H and O–H groups in total. The normalized spacial score (nSPS) is 31.8. The molecular weight excluding hydrogens is 308 g/mol. The third-order valence-corrected chi connectivity index (χ3v) is 6.72. The summed E-state index contributed by atoms with van der Waals surface area (Å²) < 4.78 is 5.93. The van der Waals surface area contributed by atoms with Crippen LogP contribution in [0.1, 0.15) is 66.9 Å². The van der Waals surface area contributed by atoms with Crippen molar-refractivity contribution in [3.05, 3.63) is 53.1 Å². The van der Waals surface area contributed by atoms with Gasteiger partial charge in [0.2, 0.25) is 0 Å². The Kier molecular flexibility index (Phi) is 3.73. The summed E-state index contributed by atoms with van der Waals surface area (Å²) in [4.78, 5) is 12.8. The van der Waals surface area contributed by atoms with Crippen LogP contribution in [-0.2, 0) is 4.79 Å². The number of carbonyl (C=O) groups is 1. The van der Waals surface area contributed by atoms with Gasteiger partial charge < -0.3 is 0 Å². The van der Waals surface area contributed by atoms with Crippen molar-refractivity contribution in [3.63, 3.8) is 0 Å². The lowest BCUT2D eigenvalue weighted by Crippen LogP contribution is -2.21. The summed E-state index contributed by atoms with van der Waals surface area (Å²) in [5, 5.41) is 0. The lowest BCUT2D eigenvalue weighted by Gasteiger charge is -2.16. The Morgan fingerprint density at radius 3 is 2.48 bits per heavy atom. The van der Waals surface area contributed by atoms with Crippen molar-refractivity contribution in [3.8, 4) is 0 Å². The van der Waals surface area contributed by atoms with Crippen molar-refractivity contribution >= 4 is 17.3 Å². The molecule has 0 spiro atoms. The summed E-state index contributed by atoms with van der Waals surface area (Å²) in [7, 11) is 0. The predicted octanol–water partition coefficient (Wildman–Crippen LogP) is 5.27. The summed E-state index contributed by atoms with van der Waals surface area (Å²) in [5.74, 6) is 2.20.